The topological polar surface area (TPSA) is 80.5 Å². The highest BCUT2D eigenvalue weighted by Gasteiger charge is 2.33. The van der Waals surface area contributed by atoms with Crippen molar-refractivity contribution in [1.29, 1.82) is 0 Å². The maximum atomic E-state index is 12.7. The first-order chi connectivity index (χ1) is 12.4. The lowest BCUT2D eigenvalue weighted by molar-refractivity contribution is -0.385. The van der Waals surface area contributed by atoms with Crippen LogP contribution >= 0.6 is 24.0 Å². The Morgan fingerprint density at radius 2 is 1.85 bits per heavy atom. The molecule has 1 fully saturated rings. The zero-order valence-electron chi connectivity index (χ0n) is 13.5. The molecule has 3 rings (SSSR count). The molecule has 0 aliphatic carbocycles. The normalized spacial score (nSPS) is 15.6. The van der Waals surface area contributed by atoms with Gasteiger partial charge in [0.25, 0.3) is 11.6 Å². The number of anilines is 1. The molecule has 0 saturated carbocycles. The maximum Gasteiger partial charge on any atom is 0.276 e. The molecule has 0 spiro atoms. The largest absolute Gasteiger partial charge is 0.295 e. The van der Waals surface area contributed by atoms with E-state index >= 15 is 0 Å². The summed E-state index contributed by atoms with van der Waals surface area (Å²) in [7, 11) is 0. The Hall–Kier alpha value is -2.84. The molecule has 0 bridgehead atoms. The molecule has 8 heteroatoms. The van der Waals surface area contributed by atoms with Crippen LogP contribution in [0.15, 0.2) is 53.4 Å². The smallest absolute Gasteiger partial charge is 0.276 e. The van der Waals surface area contributed by atoms with Crippen LogP contribution in [0.1, 0.15) is 22.8 Å². The average Bonchev–Trinajstić information content (AvgIpc) is 2.89. The number of nitro groups is 1. The number of rotatable bonds is 4. The van der Waals surface area contributed by atoms with Gasteiger partial charge in [-0.05, 0) is 43.3 Å². The van der Waals surface area contributed by atoms with Crippen LogP contribution in [0.5, 0.6) is 0 Å². The van der Waals surface area contributed by atoms with Crippen molar-refractivity contribution < 1.29 is 14.5 Å². The maximum absolute atomic E-state index is 12.7. The van der Waals surface area contributed by atoms with Gasteiger partial charge in [-0.2, -0.15) is 0 Å². The Balaban J connectivity index is 1.94. The van der Waals surface area contributed by atoms with Gasteiger partial charge in [0.1, 0.15) is 0 Å². The molecule has 2 aromatic carbocycles. The lowest BCUT2D eigenvalue weighted by Gasteiger charge is -2.14. The van der Waals surface area contributed by atoms with Gasteiger partial charge in [0.15, 0.2) is 10.1 Å². The van der Waals surface area contributed by atoms with E-state index in [1.165, 1.54) is 24.0 Å². The second-order valence-corrected chi connectivity index (χ2v) is 7.11. The van der Waals surface area contributed by atoms with Crippen molar-refractivity contribution in [3.05, 3.63) is 74.7 Å². The van der Waals surface area contributed by atoms with E-state index in [4.69, 9.17) is 12.2 Å². The first-order valence-corrected chi connectivity index (χ1v) is 8.73. The molecule has 1 saturated heterocycles. The number of hydrogen-bond acceptors (Lipinski definition) is 6. The highest BCUT2D eigenvalue weighted by molar-refractivity contribution is 8.27. The molecule has 0 atom stereocenters. The number of hydrogen-bond donors (Lipinski definition) is 0. The zero-order valence-corrected chi connectivity index (χ0v) is 15.2. The summed E-state index contributed by atoms with van der Waals surface area (Å²) in [5.74, 6) is -0.424. The van der Waals surface area contributed by atoms with Crippen LogP contribution in [0.4, 0.5) is 11.4 Å². The van der Waals surface area contributed by atoms with Crippen molar-refractivity contribution in [1.82, 2.24) is 0 Å². The molecule has 2 aromatic rings. The van der Waals surface area contributed by atoms with Gasteiger partial charge in [0, 0.05) is 11.6 Å². The summed E-state index contributed by atoms with van der Waals surface area (Å²) in [5, 5.41) is 11.1. The number of nitrogens with zero attached hydrogens (tertiary/aromatic N) is 2. The molecule has 26 heavy (non-hydrogen) atoms. The van der Waals surface area contributed by atoms with E-state index in [0.29, 0.717) is 26.0 Å². The fraction of sp³-hybridized carbons (Fsp3) is 0.0556. The Morgan fingerprint density at radius 3 is 2.46 bits per heavy atom. The molecule has 130 valence electrons. The van der Waals surface area contributed by atoms with Crippen molar-refractivity contribution in [3.63, 3.8) is 0 Å². The van der Waals surface area contributed by atoms with Crippen LogP contribution in [0.3, 0.4) is 0 Å². The number of Topliss-reactive ketones (excluding diaryl/α,β-unsaturated/α-hetero) is 1. The summed E-state index contributed by atoms with van der Waals surface area (Å²) in [4.78, 5) is 36.4. The summed E-state index contributed by atoms with van der Waals surface area (Å²) >= 11 is 6.37. The van der Waals surface area contributed by atoms with Crippen LogP contribution < -0.4 is 4.90 Å². The van der Waals surface area contributed by atoms with Gasteiger partial charge >= 0.3 is 0 Å². The Morgan fingerprint density at radius 1 is 1.19 bits per heavy atom. The van der Waals surface area contributed by atoms with E-state index in [1.807, 2.05) is 0 Å². The lowest BCUT2D eigenvalue weighted by atomic mass is 10.1. The third-order valence-electron chi connectivity index (χ3n) is 3.75. The molecule has 1 aliphatic heterocycles. The molecule has 6 nitrogen and oxygen atoms in total. The molecule has 0 aromatic heterocycles. The number of thiocarbonyl (C=S) groups is 1. The number of para-hydroxylation sites is 1. The predicted molar refractivity (Wildman–Crippen MR) is 105 cm³/mol. The standard InChI is InChI=1S/C18H12N2O4S2/c1-11(21)12-6-8-14(9-7-12)19-17(22)16(26-18(19)25)10-13-4-2-3-5-15(13)20(23)24/h2-10H,1H3. The van der Waals surface area contributed by atoms with Gasteiger partial charge in [-0.25, -0.2) is 0 Å². The quantitative estimate of drug-likeness (QED) is 0.258. The summed E-state index contributed by atoms with van der Waals surface area (Å²) < 4.78 is 0.329. The van der Waals surface area contributed by atoms with Crippen LogP contribution in [0.2, 0.25) is 0 Å². The third kappa shape index (κ3) is 3.42. The number of thioether (sulfide) groups is 1. The highest BCUT2D eigenvalue weighted by Crippen LogP contribution is 2.37. The molecular weight excluding hydrogens is 372 g/mol. The van der Waals surface area contributed by atoms with Crippen LogP contribution in [-0.2, 0) is 4.79 Å². The monoisotopic (exact) mass is 384 g/mol. The van der Waals surface area contributed by atoms with Gasteiger partial charge < -0.3 is 0 Å². The minimum absolute atomic E-state index is 0.0711. The summed E-state index contributed by atoms with van der Waals surface area (Å²) in [6.07, 6.45) is 1.47. The Labute approximate surface area is 158 Å². The number of amides is 1. The number of nitro benzene ring substituents is 1. The molecule has 1 heterocycles. The van der Waals surface area contributed by atoms with Crippen molar-refractivity contribution in [3.8, 4) is 0 Å². The van der Waals surface area contributed by atoms with E-state index in [9.17, 15) is 19.7 Å². The van der Waals surface area contributed by atoms with Gasteiger partial charge in [0.2, 0.25) is 0 Å². The minimum Gasteiger partial charge on any atom is -0.295 e. The first kappa shape index (κ1) is 18.0. The second-order valence-electron chi connectivity index (χ2n) is 5.44. The van der Waals surface area contributed by atoms with Crippen molar-refractivity contribution in [2.45, 2.75) is 6.92 Å². The van der Waals surface area contributed by atoms with Crippen LogP contribution in [-0.4, -0.2) is 20.9 Å². The molecule has 1 aliphatic rings. The molecule has 1 amide bonds. The Bertz CT molecular complexity index is 967. The SMILES string of the molecule is CC(=O)c1ccc(N2C(=O)C(=Cc3ccccc3[N+](=O)[O-])SC2=S)cc1. The van der Waals surface area contributed by atoms with Gasteiger partial charge in [-0.15, -0.1) is 0 Å². The van der Waals surface area contributed by atoms with Gasteiger partial charge in [-0.1, -0.05) is 36.1 Å². The number of benzene rings is 2. The number of carbonyl (C=O) groups is 2. The molecule has 0 N–H and O–H groups in total. The second kappa shape index (κ2) is 7.19. The summed E-state index contributed by atoms with van der Waals surface area (Å²) in [5.41, 5.74) is 1.34. The van der Waals surface area contributed by atoms with Crippen LogP contribution in [0.25, 0.3) is 6.08 Å². The first-order valence-electron chi connectivity index (χ1n) is 7.51. The zero-order chi connectivity index (χ0) is 18.8. The Kier molecular flexibility index (Phi) is 4.97. The van der Waals surface area contributed by atoms with E-state index < -0.39 is 4.92 Å². The predicted octanol–water partition coefficient (Wildman–Crippen LogP) is 4.20. The van der Waals surface area contributed by atoms with E-state index in [1.54, 1.807) is 42.5 Å². The summed E-state index contributed by atoms with van der Waals surface area (Å²) in [6.45, 7) is 1.46. The van der Waals surface area contributed by atoms with Gasteiger partial charge in [0.05, 0.1) is 21.1 Å². The van der Waals surface area contributed by atoms with E-state index in [0.717, 1.165) is 11.8 Å². The van der Waals surface area contributed by atoms with E-state index in [-0.39, 0.29) is 17.4 Å². The molecular formula is C18H12N2O4S2. The third-order valence-corrected chi connectivity index (χ3v) is 5.05. The highest BCUT2D eigenvalue weighted by atomic mass is 32.2. The van der Waals surface area contributed by atoms with Crippen LogP contribution in [0, 0.1) is 10.1 Å². The molecule has 0 unspecified atom stereocenters. The summed E-state index contributed by atoms with van der Waals surface area (Å²) in [6, 6.07) is 12.7. The lowest BCUT2D eigenvalue weighted by Crippen LogP contribution is -2.27. The number of ketones is 1. The van der Waals surface area contributed by atoms with Crippen molar-refractivity contribution in [2.75, 3.05) is 4.90 Å². The minimum atomic E-state index is -0.493. The fourth-order valence-electron chi connectivity index (χ4n) is 2.45. The fourth-order valence-corrected chi connectivity index (χ4v) is 3.74. The van der Waals surface area contributed by atoms with E-state index in [2.05, 4.69) is 0 Å². The molecule has 0 radical (unpaired) electrons. The average molecular weight is 384 g/mol. The van der Waals surface area contributed by atoms with Crippen molar-refractivity contribution in [2.24, 2.45) is 0 Å². The van der Waals surface area contributed by atoms with Gasteiger partial charge in [-0.3, -0.25) is 24.6 Å². The number of carbonyl (C=O) groups excluding carboxylic acids is 2. The van der Waals surface area contributed by atoms with Crippen molar-refractivity contribution >= 4 is 57.4 Å².